The van der Waals surface area contributed by atoms with Crippen LogP contribution in [-0.2, 0) is 17.3 Å². The van der Waals surface area contributed by atoms with Crippen LogP contribution < -0.4 is 10.4 Å². The number of hydrogen-bond donors (Lipinski definition) is 0. The van der Waals surface area contributed by atoms with Gasteiger partial charge in [0.05, 0.1) is 17.6 Å². The molecule has 0 radical (unpaired) electrons. The molecule has 0 aliphatic heterocycles. The molecule has 0 saturated heterocycles. The number of rotatable bonds is 6. The fraction of sp³-hybridized carbons (Fsp3) is 0.450. The second-order valence-electron chi connectivity index (χ2n) is 16.4. The van der Waals surface area contributed by atoms with Crippen LogP contribution in [-0.4, -0.2) is 17.6 Å². The van der Waals surface area contributed by atoms with Gasteiger partial charge in [-0.1, -0.05) is 149 Å². The molecule has 3 aromatic carbocycles. The van der Waals surface area contributed by atoms with Gasteiger partial charge >= 0.3 is 0 Å². The molecule has 224 valence electrons. The molecule has 1 unspecified atom stereocenters. The summed E-state index contributed by atoms with van der Waals surface area (Å²) in [6, 6.07) is 24.6. The summed E-state index contributed by atoms with van der Waals surface area (Å²) in [6.07, 6.45) is 1.07. The minimum absolute atomic E-state index is 0.0285. The lowest BCUT2D eigenvalue weighted by Gasteiger charge is -2.37. The molecule has 1 aliphatic rings. The molecular formula is C40H56Si2. The van der Waals surface area contributed by atoms with Gasteiger partial charge in [0.2, 0.25) is 0 Å². The van der Waals surface area contributed by atoms with Gasteiger partial charge in [-0.3, -0.25) is 0 Å². The Bertz CT molecular complexity index is 1490. The van der Waals surface area contributed by atoms with Crippen molar-refractivity contribution in [2.24, 2.45) is 0 Å². The van der Waals surface area contributed by atoms with Gasteiger partial charge in [-0.2, -0.15) is 0 Å². The summed E-state index contributed by atoms with van der Waals surface area (Å²) in [4.78, 5) is 0. The Morgan fingerprint density at radius 1 is 0.643 bits per heavy atom. The first kappa shape index (κ1) is 32.5. The average molecular weight is 593 g/mol. The summed E-state index contributed by atoms with van der Waals surface area (Å²) in [5.41, 5.74) is 14.9. The third-order valence-corrected chi connectivity index (χ3v) is 14.4. The van der Waals surface area contributed by atoms with E-state index in [1.165, 1.54) is 44.5 Å². The largest absolute Gasteiger partial charge is 0.0775 e. The van der Waals surface area contributed by atoms with Crippen LogP contribution in [0, 0.1) is 13.8 Å². The first-order chi connectivity index (χ1) is 19.2. The van der Waals surface area contributed by atoms with Crippen molar-refractivity contribution in [3.63, 3.8) is 0 Å². The molecule has 0 bridgehead atoms. The van der Waals surface area contributed by atoms with Gasteiger partial charge in [0.15, 0.2) is 0 Å². The summed E-state index contributed by atoms with van der Waals surface area (Å²) in [5, 5.41) is 3.16. The van der Waals surface area contributed by atoms with Gasteiger partial charge in [-0.05, 0) is 90.8 Å². The number of hydrogen-bond acceptors (Lipinski definition) is 0. The quantitative estimate of drug-likeness (QED) is 0.250. The molecule has 0 spiro atoms. The minimum Gasteiger partial charge on any atom is -0.0656 e. The summed E-state index contributed by atoms with van der Waals surface area (Å²) >= 11 is 0. The van der Waals surface area contributed by atoms with Gasteiger partial charge in [0.25, 0.3) is 0 Å². The Labute approximate surface area is 261 Å². The normalized spacial score (nSPS) is 18.6. The van der Waals surface area contributed by atoms with Gasteiger partial charge in [0, 0.05) is 5.04 Å². The summed E-state index contributed by atoms with van der Waals surface area (Å²) in [7, 11) is -2.11. The minimum atomic E-state index is -1.35. The van der Waals surface area contributed by atoms with E-state index in [0.717, 1.165) is 6.42 Å². The Morgan fingerprint density at radius 3 is 1.60 bits per heavy atom. The van der Waals surface area contributed by atoms with E-state index in [1.807, 2.05) is 0 Å². The SMILES string of the molecule is CC1=C(C)C(Cc2cc(C)cc(C)c2)([SiH2]c2ccc([Si](C)(C)C)cc2)C(c2cc(C(C)(C)C)cc(C(C)(C)C)c2)=C1C. The first-order valence-corrected chi connectivity index (χ1v) is 20.9. The Balaban J connectivity index is 2.01. The van der Waals surface area contributed by atoms with Crippen molar-refractivity contribution in [3.8, 4) is 0 Å². The van der Waals surface area contributed by atoms with E-state index in [-0.39, 0.29) is 15.9 Å². The maximum Gasteiger partial charge on any atom is 0.0775 e. The molecule has 4 rings (SSSR count). The number of aryl methyl sites for hydroxylation is 2. The first-order valence-electron chi connectivity index (χ1n) is 15.9. The molecule has 2 heteroatoms. The standard InChI is InChI=1S/C40H56Si2/c1-26-19-27(2)21-31(20-26)25-40(41-35-15-17-36(18-16-35)42(12,13)14)30(5)28(3)29(4)37(40)32-22-33(38(6,7)8)24-34(23-32)39(9,10)11/h15-24H,25,41H2,1-14H3. The lowest BCUT2D eigenvalue weighted by molar-refractivity contribution is 0.568. The zero-order valence-electron chi connectivity index (χ0n) is 29.2. The lowest BCUT2D eigenvalue weighted by Crippen LogP contribution is -2.39. The van der Waals surface area contributed by atoms with E-state index < -0.39 is 17.6 Å². The molecular weight excluding hydrogens is 537 g/mol. The Hall–Kier alpha value is -2.43. The second kappa shape index (κ2) is 11.3. The van der Waals surface area contributed by atoms with E-state index in [1.54, 1.807) is 21.5 Å². The molecule has 0 N–H and O–H groups in total. The molecule has 42 heavy (non-hydrogen) atoms. The molecule has 0 nitrogen and oxygen atoms in total. The van der Waals surface area contributed by atoms with Crippen molar-refractivity contribution in [1.82, 2.24) is 0 Å². The predicted octanol–water partition coefficient (Wildman–Crippen LogP) is 9.46. The molecule has 0 saturated carbocycles. The van der Waals surface area contributed by atoms with Crippen LogP contribution >= 0.6 is 0 Å². The highest BCUT2D eigenvalue weighted by atomic mass is 28.3. The van der Waals surface area contributed by atoms with Crippen molar-refractivity contribution < 1.29 is 0 Å². The molecule has 0 fully saturated rings. The highest BCUT2D eigenvalue weighted by Gasteiger charge is 2.44. The van der Waals surface area contributed by atoms with Crippen LogP contribution in [0.3, 0.4) is 0 Å². The Kier molecular flexibility index (Phi) is 8.70. The van der Waals surface area contributed by atoms with E-state index in [2.05, 4.69) is 156 Å². The van der Waals surface area contributed by atoms with Gasteiger partial charge < -0.3 is 0 Å². The van der Waals surface area contributed by atoms with Gasteiger partial charge in [0.1, 0.15) is 0 Å². The van der Waals surface area contributed by atoms with Crippen molar-refractivity contribution in [2.45, 2.75) is 118 Å². The molecule has 1 atom stereocenters. The highest BCUT2D eigenvalue weighted by molar-refractivity contribution is 6.88. The van der Waals surface area contributed by atoms with E-state index in [4.69, 9.17) is 0 Å². The highest BCUT2D eigenvalue weighted by Crippen LogP contribution is 2.59. The van der Waals surface area contributed by atoms with Crippen LogP contribution in [0.4, 0.5) is 0 Å². The number of allylic oxidation sites excluding steroid dienone is 4. The topological polar surface area (TPSA) is 0 Å². The summed E-state index contributed by atoms with van der Waals surface area (Å²) in [6.45, 7) is 33.3. The van der Waals surface area contributed by atoms with Crippen LogP contribution in [0.2, 0.25) is 24.7 Å². The average Bonchev–Trinajstić information content (AvgIpc) is 3.02. The smallest absolute Gasteiger partial charge is 0.0656 e. The predicted molar refractivity (Wildman–Crippen MR) is 195 cm³/mol. The third kappa shape index (κ3) is 6.55. The lowest BCUT2D eigenvalue weighted by atomic mass is 9.76. The zero-order chi connectivity index (χ0) is 31.4. The summed E-state index contributed by atoms with van der Waals surface area (Å²) < 4.78 is 0. The third-order valence-electron chi connectivity index (χ3n) is 9.76. The van der Waals surface area contributed by atoms with E-state index in [0.29, 0.717) is 0 Å². The molecule has 3 aromatic rings. The van der Waals surface area contributed by atoms with Crippen molar-refractivity contribution in [3.05, 3.63) is 111 Å². The fourth-order valence-electron chi connectivity index (χ4n) is 7.00. The van der Waals surface area contributed by atoms with E-state index in [9.17, 15) is 0 Å². The van der Waals surface area contributed by atoms with Crippen molar-refractivity contribution in [2.75, 3.05) is 0 Å². The van der Waals surface area contributed by atoms with Crippen LogP contribution in [0.25, 0.3) is 5.57 Å². The van der Waals surface area contributed by atoms with Gasteiger partial charge in [-0.15, -0.1) is 0 Å². The maximum absolute atomic E-state index is 2.54. The molecule has 1 aliphatic carbocycles. The second-order valence-corrected chi connectivity index (χ2v) is 23.9. The molecule has 0 amide bonds. The van der Waals surface area contributed by atoms with Crippen LogP contribution in [0.5, 0.6) is 0 Å². The summed E-state index contributed by atoms with van der Waals surface area (Å²) in [5.74, 6) is 0. The Morgan fingerprint density at radius 2 is 1.14 bits per heavy atom. The van der Waals surface area contributed by atoms with E-state index >= 15 is 0 Å². The molecule has 0 heterocycles. The van der Waals surface area contributed by atoms with Gasteiger partial charge in [-0.25, -0.2) is 0 Å². The fourth-order valence-corrected chi connectivity index (χ4v) is 10.9. The van der Waals surface area contributed by atoms with Crippen LogP contribution in [0.1, 0.15) is 95.7 Å². The van der Waals surface area contributed by atoms with Crippen LogP contribution in [0.15, 0.2) is 77.4 Å². The maximum atomic E-state index is 2.54. The number of benzene rings is 3. The molecule has 0 aromatic heterocycles. The van der Waals surface area contributed by atoms with Crippen molar-refractivity contribution in [1.29, 1.82) is 0 Å². The van der Waals surface area contributed by atoms with Crippen molar-refractivity contribution >= 4 is 33.5 Å². The zero-order valence-corrected chi connectivity index (χ0v) is 31.6. The monoisotopic (exact) mass is 592 g/mol.